The first kappa shape index (κ1) is 4.97. The summed E-state index contributed by atoms with van der Waals surface area (Å²) in [5.41, 5.74) is 4.93. The van der Waals surface area contributed by atoms with Gasteiger partial charge in [-0.05, 0) is 0 Å². The van der Waals surface area contributed by atoms with Crippen LogP contribution in [0, 0.1) is 5.92 Å². The fraction of sp³-hybridized carbons (Fsp3) is 1.00. The summed E-state index contributed by atoms with van der Waals surface area (Å²) in [6, 6.07) is 0. The fourth-order valence-electron chi connectivity index (χ4n) is 0.525. The average molecular weight is 107 g/mol. The molecular weight excluding hydrogens is 100 g/mol. The third-order valence-corrected chi connectivity index (χ3v) is 1.24. The van der Waals surface area contributed by atoms with Crippen LogP contribution in [-0.2, 0) is 0 Å². The minimum absolute atomic E-state index is 0.00347. The van der Waals surface area contributed by atoms with Crippen molar-refractivity contribution in [2.75, 3.05) is 6.54 Å². The van der Waals surface area contributed by atoms with Crippen LogP contribution in [0.1, 0.15) is 6.42 Å². The lowest BCUT2D eigenvalue weighted by Gasteiger charge is -1.87. The number of rotatable bonds is 1. The minimum Gasteiger partial charge on any atom is -0.330 e. The number of nitrogens with two attached hydrogens (primary N) is 1. The smallest absolute Gasteiger partial charge is 0.252 e. The summed E-state index contributed by atoms with van der Waals surface area (Å²) in [5.74, 6) is -2.91. The van der Waals surface area contributed by atoms with Crippen LogP contribution in [0.2, 0.25) is 0 Å². The molecule has 0 heterocycles. The van der Waals surface area contributed by atoms with E-state index in [-0.39, 0.29) is 13.0 Å². The van der Waals surface area contributed by atoms with E-state index in [1.807, 2.05) is 0 Å². The van der Waals surface area contributed by atoms with Gasteiger partial charge in [-0.2, -0.15) is 0 Å². The molecule has 1 rings (SSSR count). The highest BCUT2D eigenvalue weighted by Crippen LogP contribution is 2.47. The maximum absolute atomic E-state index is 11.7. The van der Waals surface area contributed by atoms with Crippen LogP contribution >= 0.6 is 0 Å². The Morgan fingerprint density at radius 3 is 2.14 bits per heavy atom. The summed E-state index contributed by atoms with van der Waals surface area (Å²) in [6.07, 6.45) is 0.00347. The van der Waals surface area contributed by atoms with E-state index in [1.54, 1.807) is 0 Å². The molecule has 1 atom stereocenters. The summed E-state index contributed by atoms with van der Waals surface area (Å²) < 4.78 is 23.4. The first-order valence-corrected chi connectivity index (χ1v) is 2.24. The van der Waals surface area contributed by atoms with Gasteiger partial charge in [0.25, 0.3) is 5.92 Å². The zero-order valence-electron chi connectivity index (χ0n) is 3.82. The highest BCUT2D eigenvalue weighted by atomic mass is 19.3. The van der Waals surface area contributed by atoms with Crippen LogP contribution in [0.15, 0.2) is 0 Å². The minimum atomic E-state index is -2.41. The van der Waals surface area contributed by atoms with E-state index >= 15 is 0 Å². The molecule has 7 heavy (non-hydrogen) atoms. The predicted molar refractivity (Wildman–Crippen MR) is 22.1 cm³/mol. The lowest BCUT2D eigenvalue weighted by molar-refractivity contribution is 0.101. The Kier molecular flexibility index (Phi) is 0.819. The molecule has 3 heteroatoms. The second kappa shape index (κ2) is 1.15. The van der Waals surface area contributed by atoms with Crippen LogP contribution in [0.3, 0.4) is 0 Å². The van der Waals surface area contributed by atoms with Crippen molar-refractivity contribution < 1.29 is 8.78 Å². The molecule has 1 unspecified atom stereocenters. The van der Waals surface area contributed by atoms with Crippen molar-refractivity contribution in [1.29, 1.82) is 0 Å². The molecule has 1 nitrogen and oxygen atoms in total. The summed E-state index contributed by atoms with van der Waals surface area (Å²) in [6.45, 7) is 0.132. The Morgan fingerprint density at radius 2 is 2.14 bits per heavy atom. The zero-order chi connectivity index (χ0) is 5.49. The van der Waals surface area contributed by atoms with E-state index < -0.39 is 11.8 Å². The van der Waals surface area contributed by atoms with Gasteiger partial charge in [-0.25, -0.2) is 8.78 Å². The molecule has 1 aliphatic rings. The van der Waals surface area contributed by atoms with E-state index in [9.17, 15) is 8.78 Å². The highest BCUT2D eigenvalue weighted by Gasteiger charge is 2.55. The first-order chi connectivity index (χ1) is 3.17. The van der Waals surface area contributed by atoms with Crippen molar-refractivity contribution in [2.24, 2.45) is 11.7 Å². The van der Waals surface area contributed by atoms with Crippen LogP contribution in [-0.4, -0.2) is 12.5 Å². The second-order valence-electron chi connectivity index (χ2n) is 1.90. The van der Waals surface area contributed by atoms with E-state index in [0.717, 1.165) is 0 Å². The molecule has 0 aromatic carbocycles. The van der Waals surface area contributed by atoms with Gasteiger partial charge >= 0.3 is 0 Å². The lowest BCUT2D eigenvalue weighted by atomic mass is 10.4. The number of alkyl halides is 2. The van der Waals surface area contributed by atoms with Gasteiger partial charge in [0.05, 0.1) is 0 Å². The number of hydrogen-bond acceptors (Lipinski definition) is 1. The van der Waals surface area contributed by atoms with Gasteiger partial charge in [0, 0.05) is 18.9 Å². The van der Waals surface area contributed by atoms with Gasteiger partial charge in [-0.1, -0.05) is 0 Å². The maximum atomic E-state index is 11.7. The molecule has 0 bridgehead atoms. The zero-order valence-corrected chi connectivity index (χ0v) is 3.82. The maximum Gasteiger partial charge on any atom is 0.252 e. The molecule has 0 aromatic heterocycles. The van der Waals surface area contributed by atoms with Gasteiger partial charge in [-0.15, -0.1) is 0 Å². The van der Waals surface area contributed by atoms with Crippen molar-refractivity contribution >= 4 is 0 Å². The average Bonchev–Trinajstić information content (AvgIpc) is 2.13. The molecule has 2 N–H and O–H groups in total. The van der Waals surface area contributed by atoms with Crippen molar-refractivity contribution in [1.82, 2.24) is 0 Å². The number of hydrogen-bond donors (Lipinski definition) is 1. The normalized spacial score (nSPS) is 35.6. The van der Waals surface area contributed by atoms with E-state index in [0.29, 0.717) is 0 Å². The van der Waals surface area contributed by atoms with E-state index in [2.05, 4.69) is 0 Å². The summed E-state index contributed by atoms with van der Waals surface area (Å²) >= 11 is 0. The third-order valence-electron chi connectivity index (χ3n) is 1.24. The Morgan fingerprint density at radius 1 is 1.71 bits per heavy atom. The lowest BCUT2D eigenvalue weighted by Crippen LogP contribution is -2.06. The third kappa shape index (κ3) is 0.725. The van der Waals surface area contributed by atoms with Crippen LogP contribution in [0.4, 0.5) is 8.78 Å². The standard InChI is InChI=1S/C4H7F2N/c5-4(6)1-3(4)2-7/h3H,1-2,7H2. The summed E-state index contributed by atoms with van der Waals surface area (Å²) in [4.78, 5) is 0. The molecule has 0 aromatic rings. The van der Waals surface area contributed by atoms with Gasteiger partial charge < -0.3 is 5.73 Å². The fourth-order valence-corrected chi connectivity index (χ4v) is 0.525. The van der Waals surface area contributed by atoms with Crippen LogP contribution in [0.5, 0.6) is 0 Å². The summed E-state index contributed by atoms with van der Waals surface area (Å²) in [5, 5.41) is 0. The molecular formula is C4H7F2N. The van der Waals surface area contributed by atoms with Gasteiger partial charge in [0.15, 0.2) is 0 Å². The SMILES string of the molecule is NCC1CC1(F)F. The van der Waals surface area contributed by atoms with Gasteiger partial charge in [-0.3, -0.25) is 0 Å². The predicted octanol–water partition coefficient (Wildman–Crippen LogP) is 0.600. The molecule has 0 radical (unpaired) electrons. The summed E-state index contributed by atoms with van der Waals surface area (Å²) in [7, 11) is 0. The Balaban J connectivity index is 2.30. The number of halogens is 2. The van der Waals surface area contributed by atoms with Crippen LogP contribution < -0.4 is 5.73 Å². The molecule has 1 fully saturated rings. The Hall–Kier alpha value is -0.180. The first-order valence-electron chi connectivity index (χ1n) is 2.24. The monoisotopic (exact) mass is 107 g/mol. The molecule has 0 saturated heterocycles. The largest absolute Gasteiger partial charge is 0.330 e. The van der Waals surface area contributed by atoms with Crippen molar-refractivity contribution in [3.8, 4) is 0 Å². The molecule has 42 valence electrons. The molecule has 0 aliphatic heterocycles. The Bertz CT molecular complexity index is 81.8. The van der Waals surface area contributed by atoms with Crippen LogP contribution in [0.25, 0.3) is 0 Å². The van der Waals surface area contributed by atoms with Gasteiger partial charge in [0.1, 0.15) is 0 Å². The highest BCUT2D eigenvalue weighted by molar-refractivity contribution is 4.95. The molecule has 1 aliphatic carbocycles. The van der Waals surface area contributed by atoms with Crippen molar-refractivity contribution in [3.05, 3.63) is 0 Å². The molecule has 0 amide bonds. The molecule has 1 saturated carbocycles. The Labute approximate surface area is 40.5 Å². The van der Waals surface area contributed by atoms with Crippen molar-refractivity contribution in [3.63, 3.8) is 0 Å². The topological polar surface area (TPSA) is 26.0 Å². The van der Waals surface area contributed by atoms with Gasteiger partial charge in [0.2, 0.25) is 0 Å². The van der Waals surface area contributed by atoms with Crippen molar-refractivity contribution in [2.45, 2.75) is 12.3 Å². The molecule has 0 spiro atoms. The second-order valence-corrected chi connectivity index (χ2v) is 1.90. The van der Waals surface area contributed by atoms with E-state index in [1.165, 1.54) is 0 Å². The quantitative estimate of drug-likeness (QED) is 0.521. The van der Waals surface area contributed by atoms with E-state index in [4.69, 9.17) is 5.73 Å².